The Hall–Kier alpha value is -1.10. The van der Waals surface area contributed by atoms with Gasteiger partial charge in [0, 0.05) is 0 Å². The molecular formula is C14H24O4. The highest BCUT2D eigenvalue weighted by Crippen LogP contribution is 2.09. The van der Waals surface area contributed by atoms with E-state index in [9.17, 15) is 0 Å². The van der Waals surface area contributed by atoms with Crippen LogP contribution in [0.25, 0.3) is 0 Å². The molecule has 1 aromatic carbocycles. The lowest BCUT2D eigenvalue weighted by atomic mass is 10.2. The Morgan fingerprint density at radius 2 is 1.78 bits per heavy atom. The molecule has 0 heterocycles. The van der Waals surface area contributed by atoms with Gasteiger partial charge in [0.25, 0.3) is 0 Å². The van der Waals surface area contributed by atoms with E-state index in [4.69, 9.17) is 20.1 Å². The summed E-state index contributed by atoms with van der Waals surface area (Å²) in [6, 6.07) is 9.21. The van der Waals surface area contributed by atoms with Gasteiger partial charge in [0.1, 0.15) is 5.75 Å². The fourth-order valence-electron chi connectivity index (χ4n) is 1.23. The molecule has 1 rings (SSSR count). The van der Waals surface area contributed by atoms with E-state index < -0.39 is 12.4 Å². The maximum absolute atomic E-state index is 8.78. The third kappa shape index (κ3) is 10.1. The van der Waals surface area contributed by atoms with Gasteiger partial charge in [0.2, 0.25) is 0 Å². The van der Waals surface area contributed by atoms with Gasteiger partial charge in [-0.1, -0.05) is 38.0 Å². The number of rotatable bonds is 6. The second kappa shape index (κ2) is 11.0. The SMILES string of the molecule is CC(O)Oc1ccccc1.CCCCC(O)CO. The Morgan fingerprint density at radius 1 is 1.17 bits per heavy atom. The van der Waals surface area contributed by atoms with E-state index in [2.05, 4.69) is 6.92 Å². The minimum absolute atomic E-state index is 0.0972. The molecule has 2 atom stereocenters. The van der Waals surface area contributed by atoms with Crippen molar-refractivity contribution in [2.45, 2.75) is 45.5 Å². The van der Waals surface area contributed by atoms with E-state index in [1.807, 2.05) is 18.2 Å². The van der Waals surface area contributed by atoms with Crippen molar-refractivity contribution in [1.82, 2.24) is 0 Å². The third-order valence-corrected chi connectivity index (χ3v) is 2.15. The molecule has 2 unspecified atom stereocenters. The number of ether oxygens (including phenoxy) is 1. The number of para-hydroxylation sites is 1. The van der Waals surface area contributed by atoms with Gasteiger partial charge in [-0.3, -0.25) is 0 Å². The highest BCUT2D eigenvalue weighted by molar-refractivity contribution is 5.20. The Balaban J connectivity index is 0.000000331. The van der Waals surface area contributed by atoms with Gasteiger partial charge in [-0.15, -0.1) is 0 Å². The smallest absolute Gasteiger partial charge is 0.194 e. The molecule has 4 nitrogen and oxygen atoms in total. The van der Waals surface area contributed by atoms with Gasteiger partial charge in [-0.2, -0.15) is 0 Å². The van der Waals surface area contributed by atoms with Gasteiger partial charge in [-0.25, -0.2) is 0 Å². The minimum Gasteiger partial charge on any atom is -0.465 e. The predicted molar refractivity (Wildman–Crippen MR) is 71.4 cm³/mol. The van der Waals surface area contributed by atoms with Crippen LogP contribution in [-0.4, -0.2) is 34.3 Å². The van der Waals surface area contributed by atoms with Crippen LogP contribution in [0.1, 0.15) is 33.1 Å². The molecule has 0 aliphatic rings. The largest absolute Gasteiger partial charge is 0.465 e. The monoisotopic (exact) mass is 256 g/mol. The maximum Gasteiger partial charge on any atom is 0.194 e. The summed E-state index contributed by atoms with van der Waals surface area (Å²) in [5.74, 6) is 0.692. The predicted octanol–water partition coefficient (Wildman–Crippen LogP) is 1.93. The highest BCUT2D eigenvalue weighted by Gasteiger charge is 1.97. The van der Waals surface area contributed by atoms with E-state index in [1.54, 1.807) is 19.1 Å². The molecule has 0 spiro atoms. The fourth-order valence-corrected chi connectivity index (χ4v) is 1.23. The van der Waals surface area contributed by atoms with Crippen LogP contribution in [0.3, 0.4) is 0 Å². The van der Waals surface area contributed by atoms with Crippen molar-refractivity contribution in [3.05, 3.63) is 30.3 Å². The Bertz CT molecular complexity index is 274. The van der Waals surface area contributed by atoms with Gasteiger partial charge < -0.3 is 20.1 Å². The van der Waals surface area contributed by atoms with Crippen molar-refractivity contribution in [2.24, 2.45) is 0 Å². The summed E-state index contributed by atoms with van der Waals surface area (Å²) in [4.78, 5) is 0. The first-order valence-electron chi connectivity index (χ1n) is 6.28. The minimum atomic E-state index is -0.734. The molecule has 0 bridgehead atoms. The van der Waals surface area contributed by atoms with E-state index >= 15 is 0 Å². The molecule has 0 amide bonds. The second-order valence-corrected chi connectivity index (χ2v) is 4.01. The molecule has 104 valence electrons. The normalized spacial score (nSPS) is 13.2. The van der Waals surface area contributed by atoms with Crippen molar-refractivity contribution in [3.63, 3.8) is 0 Å². The van der Waals surface area contributed by atoms with Gasteiger partial charge >= 0.3 is 0 Å². The molecule has 0 fully saturated rings. The highest BCUT2D eigenvalue weighted by atomic mass is 16.6. The van der Waals surface area contributed by atoms with E-state index in [0.29, 0.717) is 5.75 Å². The van der Waals surface area contributed by atoms with Crippen LogP contribution in [-0.2, 0) is 0 Å². The summed E-state index contributed by atoms with van der Waals surface area (Å²) in [5, 5.41) is 25.8. The zero-order chi connectivity index (χ0) is 13.8. The summed E-state index contributed by atoms with van der Waals surface area (Å²) < 4.78 is 4.97. The zero-order valence-electron chi connectivity index (χ0n) is 11.1. The number of aliphatic hydroxyl groups excluding tert-OH is 3. The number of benzene rings is 1. The van der Waals surface area contributed by atoms with Crippen LogP contribution in [0.15, 0.2) is 30.3 Å². The second-order valence-electron chi connectivity index (χ2n) is 4.01. The van der Waals surface area contributed by atoms with Crippen LogP contribution in [0.5, 0.6) is 5.75 Å². The molecule has 0 saturated carbocycles. The standard InChI is InChI=1S/C8H10O2.C6H14O2/c1-7(9)10-8-5-3-2-4-6-8;1-2-3-4-6(8)5-7/h2-7,9H,1H3;6-8H,2-5H2,1H3. The molecule has 0 aliphatic heterocycles. The van der Waals surface area contributed by atoms with Crippen molar-refractivity contribution < 1.29 is 20.1 Å². The number of aliphatic hydroxyl groups is 3. The first kappa shape index (κ1) is 16.9. The third-order valence-electron chi connectivity index (χ3n) is 2.15. The van der Waals surface area contributed by atoms with E-state index in [0.717, 1.165) is 19.3 Å². The van der Waals surface area contributed by atoms with Crippen molar-refractivity contribution in [1.29, 1.82) is 0 Å². The van der Waals surface area contributed by atoms with Gasteiger partial charge in [-0.05, 0) is 25.5 Å². The fraction of sp³-hybridized carbons (Fsp3) is 0.571. The van der Waals surface area contributed by atoms with Crippen molar-refractivity contribution in [3.8, 4) is 5.75 Å². The Morgan fingerprint density at radius 3 is 2.22 bits per heavy atom. The van der Waals surface area contributed by atoms with Crippen LogP contribution in [0.2, 0.25) is 0 Å². The van der Waals surface area contributed by atoms with Crippen LogP contribution in [0.4, 0.5) is 0 Å². The molecule has 3 N–H and O–H groups in total. The van der Waals surface area contributed by atoms with E-state index in [1.165, 1.54) is 0 Å². The molecule has 0 saturated heterocycles. The van der Waals surface area contributed by atoms with Crippen molar-refractivity contribution in [2.75, 3.05) is 6.61 Å². The zero-order valence-corrected chi connectivity index (χ0v) is 11.1. The van der Waals surface area contributed by atoms with Gasteiger partial charge in [0.05, 0.1) is 12.7 Å². The molecule has 0 aliphatic carbocycles. The maximum atomic E-state index is 8.78. The van der Waals surface area contributed by atoms with Crippen LogP contribution >= 0.6 is 0 Å². The summed E-state index contributed by atoms with van der Waals surface area (Å²) in [6.07, 6.45) is 1.59. The topological polar surface area (TPSA) is 69.9 Å². The quantitative estimate of drug-likeness (QED) is 0.680. The summed E-state index contributed by atoms with van der Waals surface area (Å²) in [5.41, 5.74) is 0. The average molecular weight is 256 g/mol. The molecule has 1 aromatic rings. The Labute approximate surface area is 109 Å². The number of hydrogen-bond acceptors (Lipinski definition) is 4. The molecule has 0 aromatic heterocycles. The first-order chi connectivity index (χ1) is 8.60. The molecule has 18 heavy (non-hydrogen) atoms. The van der Waals surface area contributed by atoms with Crippen LogP contribution in [0, 0.1) is 0 Å². The average Bonchev–Trinajstić information content (AvgIpc) is 2.37. The lowest BCUT2D eigenvalue weighted by molar-refractivity contribution is -0.000288. The first-order valence-corrected chi connectivity index (χ1v) is 6.28. The number of hydrogen-bond donors (Lipinski definition) is 3. The summed E-state index contributed by atoms with van der Waals surface area (Å²) in [6.45, 7) is 3.54. The van der Waals surface area contributed by atoms with E-state index in [-0.39, 0.29) is 6.61 Å². The molecular weight excluding hydrogens is 232 g/mol. The lowest BCUT2D eigenvalue weighted by Gasteiger charge is -2.06. The molecule has 4 heteroatoms. The lowest BCUT2D eigenvalue weighted by Crippen LogP contribution is -2.10. The molecule has 0 radical (unpaired) electrons. The number of unbranched alkanes of at least 4 members (excludes halogenated alkanes) is 1. The van der Waals surface area contributed by atoms with Crippen molar-refractivity contribution >= 4 is 0 Å². The van der Waals surface area contributed by atoms with Gasteiger partial charge in [0.15, 0.2) is 6.29 Å². The summed E-state index contributed by atoms with van der Waals surface area (Å²) in [7, 11) is 0. The Kier molecular flexibility index (Phi) is 10.3. The van der Waals surface area contributed by atoms with Crippen LogP contribution < -0.4 is 4.74 Å². The summed E-state index contributed by atoms with van der Waals surface area (Å²) >= 11 is 0.